The van der Waals surface area contributed by atoms with E-state index in [2.05, 4.69) is 31.2 Å². The molecule has 0 bridgehead atoms. The van der Waals surface area contributed by atoms with E-state index in [1.807, 2.05) is 0 Å². The smallest absolute Gasteiger partial charge is 0.00963 e. The normalized spacial score (nSPS) is 33.2. The van der Waals surface area contributed by atoms with E-state index in [0.29, 0.717) is 0 Å². The quantitative estimate of drug-likeness (QED) is 0.810. The molecule has 2 heteroatoms. The molecule has 0 aromatic rings. The zero-order valence-corrected chi connectivity index (χ0v) is 11.9. The van der Waals surface area contributed by atoms with Gasteiger partial charge in [0.15, 0.2) is 0 Å². The molecule has 0 amide bonds. The average Bonchev–Trinajstić information content (AvgIpc) is 2.91. The van der Waals surface area contributed by atoms with Crippen LogP contribution in [0.15, 0.2) is 0 Å². The molecular formula is C15H30N2. The summed E-state index contributed by atoms with van der Waals surface area (Å²) >= 11 is 0. The molecule has 2 rings (SSSR count). The summed E-state index contributed by atoms with van der Waals surface area (Å²) in [4.78, 5) is 2.70. The Labute approximate surface area is 107 Å². The Morgan fingerprint density at radius 3 is 2.12 bits per heavy atom. The van der Waals surface area contributed by atoms with Gasteiger partial charge in [0.2, 0.25) is 0 Å². The number of nitrogens with one attached hydrogen (secondary N) is 1. The maximum Gasteiger partial charge on any atom is 0.00963 e. The first-order valence-corrected chi connectivity index (χ1v) is 7.61. The highest BCUT2D eigenvalue weighted by Gasteiger charge is 2.30. The van der Waals surface area contributed by atoms with Gasteiger partial charge in [-0.25, -0.2) is 0 Å². The Morgan fingerprint density at radius 1 is 1.00 bits per heavy atom. The predicted octanol–water partition coefficient (Wildman–Crippen LogP) is 3.03. The summed E-state index contributed by atoms with van der Waals surface area (Å²) in [6, 6.07) is 2.42. The maximum absolute atomic E-state index is 3.43. The minimum Gasteiger partial charge on any atom is -0.317 e. The summed E-state index contributed by atoms with van der Waals surface area (Å²) in [5, 5.41) is 3.43. The summed E-state index contributed by atoms with van der Waals surface area (Å²) in [5.74, 6) is 0.974. The van der Waals surface area contributed by atoms with Crippen LogP contribution in [-0.2, 0) is 0 Å². The molecule has 2 aliphatic carbocycles. The van der Waals surface area contributed by atoms with Gasteiger partial charge >= 0.3 is 0 Å². The highest BCUT2D eigenvalue weighted by Crippen LogP contribution is 2.32. The molecule has 17 heavy (non-hydrogen) atoms. The van der Waals surface area contributed by atoms with E-state index >= 15 is 0 Å². The van der Waals surface area contributed by atoms with Crippen LogP contribution in [0.3, 0.4) is 0 Å². The molecule has 1 unspecified atom stereocenters. The minimum absolute atomic E-state index is 0.779. The van der Waals surface area contributed by atoms with E-state index in [4.69, 9.17) is 0 Å². The van der Waals surface area contributed by atoms with Gasteiger partial charge in [0.1, 0.15) is 0 Å². The van der Waals surface area contributed by atoms with Crippen molar-refractivity contribution >= 4 is 0 Å². The highest BCUT2D eigenvalue weighted by molar-refractivity contribution is 4.86. The Balaban J connectivity index is 1.81. The lowest BCUT2D eigenvalue weighted by Crippen LogP contribution is -2.45. The van der Waals surface area contributed by atoms with E-state index in [-0.39, 0.29) is 0 Å². The van der Waals surface area contributed by atoms with Crippen LogP contribution in [0.4, 0.5) is 0 Å². The van der Waals surface area contributed by atoms with Crippen LogP contribution in [0, 0.1) is 5.92 Å². The Kier molecular flexibility index (Phi) is 4.87. The van der Waals surface area contributed by atoms with Crippen LogP contribution in [0.1, 0.15) is 58.3 Å². The van der Waals surface area contributed by atoms with Gasteiger partial charge in [0.25, 0.3) is 0 Å². The lowest BCUT2D eigenvalue weighted by molar-refractivity contribution is 0.103. The van der Waals surface area contributed by atoms with Crippen LogP contribution in [-0.4, -0.2) is 37.1 Å². The highest BCUT2D eigenvalue weighted by atomic mass is 15.2. The standard InChI is InChI=1S/C15H30N2/c1-12(13-6-4-5-7-13)17(3)15-10-8-14(16-2)9-11-15/h12-16H,4-11H2,1-3H3. The monoisotopic (exact) mass is 238 g/mol. The minimum atomic E-state index is 0.779. The van der Waals surface area contributed by atoms with Gasteiger partial charge in [-0.05, 0) is 65.5 Å². The van der Waals surface area contributed by atoms with Crippen molar-refractivity contribution in [2.75, 3.05) is 14.1 Å². The third-order valence-corrected chi connectivity index (χ3v) is 5.41. The first-order valence-electron chi connectivity index (χ1n) is 7.61. The van der Waals surface area contributed by atoms with Crippen LogP contribution in [0.2, 0.25) is 0 Å². The topological polar surface area (TPSA) is 15.3 Å². The van der Waals surface area contributed by atoms with E-state index < -0.39 is 0 Å². The first-order chi connectivity index (χ1) is 8.22. The Morgan fingerprint density at radius 2 is 1.59 bits per heavy atom. The fourth-order valence-corrected chi connectivity index (χ4v) is 3.88. The molecule has 100 valence electrons. The first kappa shape index (κ1) is 13.4. The summed E-state index contributed by atoms with van der Waals surface area (Å²) in [6.45, 7) is 2.46. The molecule has 0 aromatic carbocycles. The SMILES string of the molecule is CNC1CCC(N(C)C(C)C2CCCC2)CC1. The third kappa shape index (κ3) is 3.23. The van der Waals surface area contributed by atoms with Gasteiger partial charge in [-0.1, -0.05) is 12.8 Å². The fraction of sp³-hybridized carbons (Fsp3) is 1.00. The zero-order valence-electron chi connectivity index (χ0n) is 11.9. The number of rotatable bonds is 4. The predicted molar refractivity (Wildman–Crippen MR) is 74.3 cm³/mol. The molecule has 0 radical (unpaired) electrons. The number of hydrogen-bond donors (Lipinski definition) is 1. The summed E-state index contributed by atoms with van der Waals surface area (Å²) in [5.41, 5.74) is 0. The molecule has 0 aliphatic heterocycles. The van der Waals surface area contributed by atoms with Gasteiger partial charge in [-0.15, -0.1) is 0 Å². The third-order valence-electron chi connectivity index (χ3n) is 5.41. The van der Waals surface area contributed by atoms with Crippen LogP contribution in [0.5, 0.6) is 0 Å². The van der Waals surface area contributed by atoms with Crippen molar-refractivity contribution in [1.82, 2.24) is 10.2 Å². The van der Waals surface area contributed by atoms with Gasteiger partial charge in [0, 0.05) is 18.1 Å². The van der Waals surface area contributed by atoms with Crippen molar-refractivity contribution in [1.29, 1.82) is 0 Å². The molecule has 0 heterocycles. The van der Waals surface area contributed by atoms with E-state index in [9.17, 15) is 0 Å². The molecule has 1 atom stereocenters. The van der Waals surface area contributed by atoms with Gasteiger partial charge in [-0.2, -0.15) is 0 Å². The van der Waals surface area contributed by atoms with Gasteiger partial charge < -0.3 is 10.2 Å². The molecule has 1 N–H and O–H groups in total. The number of nitrogens with zero attached hydrogens (tertiary/aromatic N) is 1. The molecule has 2 fully saturated rings. The molecule has 0 spiro atoms. The van der Waals surface area contributed by atoms with E-state index in [1.54, 1.807) is 0 Å². The maximum atomic E-state index is 3.43. The summed E-state index contributed by atoms with van der Waals surface area (Å²) < 4.78 is 0. The second kappa shape index (κ2) is 6.19. The van der Waals surface area contributed by atoms with Crippen LogP contribution < -0.4 is 5.32 Å². The van der Waals surface area contributed by atoms with Crippen molar-refractivity contribution in [2.45, 2.75) is 76.4 Å². The largest absolute Gasteiger partial charge is 0.317 e. The molecule has 2 aliphatic rings. The Hall–Kier alpha value is -0.0800. The van der Waals surface area contributed by atoms with Crippen molar-refractivity contribution in [3.63, 3.8) is 0 Å². The fourth-order valence-electron chi connectivity index (χ4n) is 3.88. The summed E-state index contributed by atoms with van der Waals surface area (Å²) in [6.07, 6.45) is 11.4. The second-order valence-electron chi connectivity index (χ2n) is 6.24. The van der Waals surface area contributed by atoms with Crippen molar-refractivity contribution in [3.05, 3.63) is 0 Å². The lowest BCUT2D eigenvalue weighted by Gasteiger charge is -2.40. The molecule has 2 nitrogen and oxygen atoms in total. The van der Waals surface area contributed by atoms with E-state index in [0.717, 1.165) is 24.0 Å². The van der Waals surface area contributed by atoms with Crippen molar-refractivity contribution in [3.8, 4) is 0 Å². The zero-order chi connectivity index (χ0) is 12.3. The van der Waals surface area contributed by atoms with Crippen molar-refractivity contribution < 1.29 is 0 Å². The average molecular weight is 238 g/mol. The Bertz CT molecular complexity index is 215. The van der Waals surface area contributed by atoms with Gasteiger partial charge in [0.05, 0.1) is 0 Å². The molecule has 0 saturated heterocycles. The number of hydrogen-bond acceptors (Lipinski definition) is 2. The molecular weight excluding hydrogens is 208 g/mol. The molecule has 2 saturated carbocycles. The lowest BCUT2D eigenvalue weighted by atomic mass is 9.88. The molecule has 0 aromatic heterocycles. The second-order valence-corrected chi connectivity index (χ2v) is 6.24. The summed E-state index contributed by atoms with van der Waals surface area (Å²) in [7, 11) is 4.48. The van der Waals surface area contributed by atoms with Gasteiger partial charge in [-0.3, -0.25) is 0 Å². The van der Waals surface area contributed by atoms with Crippen LogP contribution in [0.25, 0.3) is 0 Å². The van der Waals surface area contributed by atoms with E-state index in [1.165, 1.54) is 51.4 Å². The van der Waals surface area contributed by atoms with Crippen molar-refractivity contribution in [2.24, 2.45) is 5.92 Å². The van der Waals surface area contributed by atoms with Crippen LogP contribution >= 0.6 is 0 Å².